The molecule has 1 saturated heterocycles. The number of hydrogen-bond acceptors (Lipinski definition) is 5. The third kappa shape index (κ3) is 2.63. The van der Waals surface area contributed by atoms with Gasteiger partial charge in [0, 0.05) is 31.6 Å². The summed E-state index contributed by atoms with van der Waals surface area (Å²) in [5, 5.41) is 11.4. The highest BCUT2D eigenvalue weighted by Crippen LogP contribution is 2.15. The van der Waals surface area contributed by atoms with Crippen molar-refractivity contribution >= 4 is 5.95 Å². The van der Waals surface area contributed by atoms with Crippen LogP contribution >= 0.6 is 0 Å². The highest BCUT2D eigenvalue weighted by molar-refractivity contribution is 5.29. The molecule has 0 aliphatic carbocycles. The standard InChI is InChI=1S/C11H19N5O/c1-11(2,3)8-9(17)13-10(15-14-8)16-6-4-12-5-7-16/h12H,4-7H2,1-3H3,(H,13,15,17). The fraction of sp³-hybridized carbons (Fsp3) is 0.727. The summed E-state index contributed by atoms with van der Waals surface area (Å²) < 4.78 is 0. The van der Waals surface area contributed by atoms with Crippen LogP contribution < -0.4 is 15.8 Å². The number of rotatable bonds is 1. The largest absolute Gasteiger partial charge is 0.338 e. The van der Waals surface area contributed by atoms with E-state index in [1.54, 1.807) is 0 Å². The van der Waals surface area contributed by atoms with E-state index in [1.807, 2.05) is 25.7 Å². The Balaban J connectivity index is 2.27. The van der Waals surface area contributed by atoms with Crippen LogP contribution in [0.4, 0.5) is 5.95 Å². The molecule has 0 unspecified atom stereocenters. The van der Waals surface area contributed by atoms with Crippen molar-refractivity contribution in [3.63, 3.8) is 0 Å². The molecule has 6 nitrogen and oxygen atoms in total. The fourth-order valence-corrected chi connectivity index (χ4v) is 1.84. The van der Waals surface area contributed by atoms with Crippen molar-refractivity contribution < 1.29 is 0 Å². The van der Waals surface area contributed by atoms with Gasteiger partial charge in [0.05, 0.1) is 0 Å². The summed E-state index contributed by atoms with van der Waals surface area (Å²) in [4.78, 5) is 16.8. The van der Waals surface area contributed by atoms with E-state index in [-0.39, 0.29) is 11.0 Å². The average Bonchev–Trinajstić information content (AvgIpc) is 2.28. The van der Waals surface area contributed by atoms with Crippen LogP contribution in [0.5, 0.6) is 0 Å². The number of piperazine rings is 1. The minimum absolute atomic E-state index is 0.138. The van der Waals surface area contributed by atoms with Gasteiger partial charge in [-0.05, 0) is 0 Å². The number of anilines is 1. The molecule has 94 valence electrons. The maximum absolute atomic E-state index is 11.9. The highest BCUT2D eigenvalue weighted by atomic mass is 16.1. The molecule has 2 rings (SSSR count). The summed E-state index contributed by atoms with van der Waals surface area (Å²) in [5.74, 6) is 0.574. The molecule has 2 N–H and O–H groups in total. The van der Waals surface area contributed by atoms with Gasteiger partial charge in [-0.3, -0.25) is 9.78 Å². The van der Waals surface area contributed by atoms with Gasteiger partial charge in [0.15, 0.2) is 0 Å². The molecule has 0 spiro atoms. The Morgan fingerprint density at radius 1 is 1.18 bits per heavy atom. The molecule has 0 saturated carbocycles. The van der Waals surface area contributed by atoms with Crippen LogP contribution in [0, 0.1) is 0 Å². The average molecular weight is 237 g/mol. The Morgan fingerprint density at radius 3 is 2.35 bits per heavy atom. The molecule has 1 aromatic rings. The Hall–Kier alpha value is -1.43. The third-order valence-corrected chi connectivity index (χ3v) is 2.81. The molecule has 1 fully saturated rings. The lowest BCUT2D eigenvalue weighted by molar-refractivity contribution is 0.536. The number of nitrogens with zero attached hydrogens (tertiary/aromatic N) is 3. The lowest BCUT2D eigenvalue weighted by Gasteiger charge is -2.27. The van der Waals surface area contributed by atoms with Crippen LogP contribution in [-0.2, 0) is 5.41 Å². The summed E-state index contributed by atoms with van der Waals surface area (Å²) in [6.07, 6.45) is 0. The monoisotopic (exact) mass is 237 g/mol. The van der Waals surface area contributed by atoms with Crippen LogP contribution in [0.1, 0.15) is 26.5 Å². The van der Waals surface area contributed by atoms with Crippen molar-refractivity contribution in [3.8, 4) is 0 Å². The van der Waals surface area contributed by atoms with Gasteiger partial charge in [0.2, 0.25) is 5.95 Å². The van der Waals surface area contributed by atoms with Crippen LogP contribution in [0.25, 0.3) is 0 Å². The van der Waals surface area contributed by atoms with Gasteiger partial charge in [-0.15, -0.1) is 10.2 Å². The third-order valence-electron chi connectivity index (χ3n) is 2.81. The first-order chi connectivity index (χ1) is 7.98. The molecule has 1 aliphatic rings. The van der Waals surface area contributed by atoms with Crippen molar-refractivity contribution in [1.82, 2.24) is 20.5 Å². The minimum Gasteiger partial charge on any atom is -0.338 e. The number of hydrogen-bond donors (Lipinski definition) is 2. The van der Waals surface area contributed by atoms with Gasteiger partial charge in [-0.25, -0.2) is 0 Å². The SMILES string of the molecule is CC(C)(C)c1nnc(N2CCNCC2)[nH]c1=O. The van der Waals surface area contributed by atoms with E-state index in [9.17, 15) is 4.79 Å². The van der Waals surface area contributed by atoms with Crippen molar-refractivity contribution in [3.05, 3.63) is 16.0 Å². The summed E-state index contributed by atoms with van der Waals surface area (Å²) in [7, 11) is 0. The van der Waals surface area contributed by atoms with E-state index < -0.39 is 0 Å². The summed E-state index contributed by atoms with van der Waals surface area (Å²) in [5.41, 5.74) is 0.0696. The fourth-order valence-electron chi connectivity index (χ4n) is 1.84. The number of aromatic nitrogens is 3. The molecular formula is C11H19N5O. The molecule has 0 aromatic carbocycles. The smallest absolute Gasteiger partial charge is 0.274 e. The Kier molecular flexibility index (Phi) is 3.15. The molecule has 1 aliphatic heterocycles. The quantitative estimate of drug-likeness (QED) is 0.712. The van der Waals surface area contributed by atoms with Gasteiger partial charge in [0.25, 0.3) is 5.56 Å². The first kappa shape index (κ1) is 12.0. The second-order valence-corrected chi connectivity index (χ2v) is 5.31. The van der Waals surface area contributed by atoms with Crippen molar-refractivity contribution in [2.75, 3.05) is 31.1 Å². The van der Waals surface area contributed by atoms with Crippen LogP contribution in [-0.4, -0.2) is 41.4 Å². The number of aromatic amines is 1. The molecular weight excluding hydrogens is 218 g/mol. The predicted molar refractivity (Wildman–Crippen MR) is 66.4 cm³/mol. The van der Waals surface area contributed by atoms with Gasteiger partial charge >= 0.3 is 0 Å². The minimum atomic E-state index is -0.275. The van der Waals surface area contributed by atoms with Crippen molar-refractivity contribution in [1.29, 1.82) is 0 Å². The predicted octanol–water partition coefficient (Wildman–Crippen LogP) is -0.128. The molecule has 0 atom stereocenters. The summed E-state index contributed by atoms with van der Waals surface area (Å²) in [6, 6.07) is 0. The van der Waals surface area contributed by atoms with Crippen molar-refractivity contribution in [2.45, 2.75) is 26.2 Å². The molecule has 17 heavy (non-hydrogen) atoms. The first-order valence-electron chi connectivity index (χ1n) is 5.91. The molecule has 2 heterocycles. The Labute approximate surface area is 100 Å². The van der Waals surface area contributed by atoms with Gasteiger partial charge in [-0.1, -0.05) is 20.8 Å². The van der Waals surface area contributed by atoms with Crippen molar-refractivity contribution in [2.24, 2.45) is 0 Å². The van der Waals surface area contributed by atoms with Gasteiger partial charge < -0.3 is 10.2 Å². The molecule has 0 bridgehead atoms. The second-order valence-electron chi connectivity index (χ2n) is 5.31. The van der Waals surface area contributed by atoms with Crippen LogP contribution in [0.3, 0.4) is 0 Å². The molecule has 1 aromatic heterocycles. The Morgan fingerprint density at radius 2 is 1.82 bits per heavy atom. The van der Waals surface area contributed by atoms with E-state index in [1.165, 1.54) is 0 Å². The normalized spacial score (nSPS) is 17.2. The van der Waals surface area contributed by atoms with Gasteiger partial charge in [-0.2, -0.15) is 0 Å². The molecule has 0 amide bonds. The highest BCUT2D eigenvalue weighted by Gasteiger charge is 2.22. The van der Waals surface area contributed by atoms with E-state index >= 15 is 0 Å². The van der Waals surface area contributed by atoms with E-state index in [4.69, 9.17) is 0 Å². The van der Waals surface area contributed by atoms with Gasteiger partial charge in [0.1, 0.15) is 5.69 Å². The first-order valence-corrected chi connectivity index (χ1v) is 5.91. The summed E-state index contributed by atoms with van der Waals surface area (Å²) >= 11 is 0. The zero-order valence-corrected chi connectivity index (χ0v) is 10.6. The maximum atomic E-state index is 11.9. The lowest BCUT2D eigenvalue weighted by atomic mass is 9.93. The van der Waals surface area contributed by atoms with Crippen LogP contribution in [0.15, 0.2) is 4.79 Å². The van der Waals surface area contributed by atoms with Crippen LogP contribution in [0.2, 0.25) is 0 Å². The maximum Gasteiger partial charge on any atom is 0.274 e. The molecule has 0 radical (unpaired) electrons. The van der Waals surface area contributed by atoms with E-state index in [0.29, 0.717) is 11.6 Å². The molecule has 6 heteroatoms. The zero-order chi connectivity index (χ0) is 12.5. The van der Waals surface area contributed by atoms with E-state index in [0.717, 1.165) is 26.2 Å². The number of H-pyrrole nitrogens is 1. The zero-order valence-electron chi connectivity index (χ0n) is 10.6. The number of nitrogens with one attached hydrogen (secondary N) is 2. The Bertz CT molecular complexity index is 442. The second kappa shape index (κ2) is 4.44. The summed E-state index contributed by atoms with van der Waals surface area (Å²) in [6.45, 7) is 9.37. The van der Waals surface area contributed by atoms with E-state index in [2.05, 4.69) is 20.5 Å². The lowest BCUT2D eigenvalue weighted by Crippen LogP contribution is -2.45. The topological polar surface area (TPSA) is 73.9 Å².